The fourth-order valence-corrected chi connectivity index (χ4v) is 8.86. The van der Waals surface area contributed by atoms with Crippen molar-refractivity contribution in [3.05, 3.63) is 91.8 Å². The number of amides is 4. The number of hydrogen-bond donors (Lipinski definition) is 5. The van der Waals surface area contributed by atoms with E-state index in [9.17, 15) is 32.7 Å². The molecular formula is C36H40BrClN10O8S. The molecule has 1 aliphatic carbocycles. The second-order valence-electron chi connectivity index (χ2n) is 14.0. The Morgan fingerprint density at radius 1 is 1.05 bits per heavy atom. The maximum Gasteiger partial charge on any atom is 0.422 e. The summed E-state index contributed by atoms with van der Waals surface area (Å²) in [5, 5.41) is 20.4. The van der Waals surface area contributed by atoms with Gasteiger partial charge in [-0.3, -0.25) is 19.5 Å². The van der Waals surface area contributed by atoms with Crippen LogP contribution in [-0.2, 0) is 34.3 Å². The standard InChI is InChI=1S/C36H40BrClN10O8S/c37-26-18-28-25(17-27(26)38)34(51)47(20-42-28)19-24(49)16-29-30(6-3-7-39-29)56-36(53)45-57(54,55)48-12-10-46(11-13-48)35(52)44-32-31(40-8-9-41-32)33(50)43-23-14-21-4-1-2-5-22(21)15-23/h1-2,4-5,8-9,17-18,20,23-24,29-30,39,49H,3,6-7,10-16,19H2,(H,43,50)(H,45,53)(H,41,44,52)/t24?,29-,30+/m1/s1. The number of carbonyl (C=O) groups is 3. The minimum absolute atomic E-state index is 0.0170. The number of piperidine rings is 1. The average Bonchev–Trinajstić information content (AvgIpc) is 3.60. The van der Waals surface area contributed by atoms with Gasteiger partial charge in [-0.05, 0) is 77.8 Å². The molecule has 302 valence electrons. The molecule has 0 bridgehead atoms. The molecule has 0 spiro atoms. The predicted octanol–water partition coefficient (Wildman–Crippen LogP) is 2.19. The number of aliphatic hydroxyl groups is 1. The number of benzene rings is 2. The van der Waals surface area contributed by atoms with Crippen molar-refractivity contribution < 1.29 is 32.6 Å². The van der Waals surface area contributed by atoms with Crippen molar-refractivity contribution in [1.29, 1.82) is 0 Å². The molecule has 4 heterocycles. The Morgan fingerprint density at radius 3 is 2.51 bits per heavy atom. The van der Waals surface area contributed by atoms with Crippen molar-refractivity contribution in [2.24, 2.45) is 0 Å². The Kier molecular flexibility index (Phi) is 12.4. The first-order valence-corrected chi connectivity index (χ1v) is 20.9. The summed E-state index contributed by atoms with van der Waals surface area (Å²) in [5.74, 6) is -0.511. The number of hydrogen-bond acceptors (Lipinski definition) is 12. The zero-order chi connectivity index (χ0) is 40.3. The number of nitrogens with zero attached hydrogens (tertiary/aromatic N) is 6. The SMILES string of the molecule is O=C(NS(=O)(=O)N1CCN(C(=O)Nc2nccnc2C(=O)NC2Cc3ccccc3C2)CC1)O[C@H]1CCCN[C@@H]1CC(O)Cn1cnc2cc(Br)c(Cl)cc2c1=O. The number of fused-ring (bicyclic) bond motifs is 2. The van der Waals surface area contributed by atoms with E-state index in [4.69, 9.17) is 16.3 Å². The number of urea groups is 1. The van der Waals surface area contributed by atoms with Gasteiger partial charge in [0.2, 0.25) is 0 Å². The number of aromatic nitrogens is 4. The molecular weight excluding hydrogens is 848 g/mol. The molecule has 2 saturated heterocycles. The Bertz CT molecular complexity index is 2320. The van der Waals surface area contributed by atoms with Crippen LogP contribution in [0.2, 0.25) is 5.02 Å². The van der Waals surface area contributed by atoms with Crippen LogP contribution < -0.4 is 26.2 Å². The van der Waals surface area contributed by atoms with Gasteiger partial charge in [-0.15, -0.1) is 0 Å². The summed E-state index contributed by atoms with van der Waals surface area (Å²) in [6.07, 6.45) is 3.56. The third kappa shape index (κ3) is 9.53. The zero-order valence-corrected chi connectivity index (χ0v) is 33.6. The average molecular weight is 888 g/mol. The van der Waals surface area contributed by atoms with Gasteiger partial charge in [0, 0.05) is 55.1 Å². The highest BCUT2D eigenvalue weighted by molar-refractivity contribution is 9.10. The van der Waals surface area contributed by atoms with Crippen LogP contribution in [0.4, 0.5) is 15.4 Å². The van der Waals surface area contributed by atoms with Gasteiger partial charge in [-0.2, -0.15) is 12.7 Å². The lowest BCUT2D eigenvalue weighted by Gasteiger charge is -2.35. The molecule has 3 atom stereocenters. The highest BCUT2D eigenvalue weighted by atomic mass is 79.9. The monoisotopic (exact) mass is 886 g/mol. The Morgan fingerprint density at radius 2 is 1.77 bits per heavy atom. The summed E-state index contributed by atoms with van der Waals surface area (Å²) < 4.78 is 36.8. The van der Waals surface area contributed by atoms with Crippen molar-refractivity contribution in [2.75, 3.05) is 38.0 Å². The molecule has 0 radical (unpaired) electrons. The molecule has 4 amide bonds. The van der Waals surface area contributed by atoms with Crippen LogP contribution >= 0.6 is 27.5 Å². The van der Waals surface area contributed by atoms with E-state index in [2.05, 4.69) is 46.8 Å². The van der Waals surface area contributed by atoms with Gasteiger partial charge < -0.3 is 25.4 Å². The summed E-state index contributed by atoms with van der Waals surface area (Å²) in [5.41, 5.74) is 2.35. The van der Waals surface area contributed by atoms with Crippen LogP contribution in [0, 0.1) is 0 Å². The minimum atomic E-state index is -4.35. The molecule has 21 heteroatoms. The number of anilines is 1. The third-order valence-corrected chi connectivity index (χ3v) is 12.8. The van der Waals surface area contributed by atoms with Gasteiger partial charge >= 0.3 is 22.3 Å². The second-order valence-corrected chi connectivity index (χ2v) is 17.0. The number of piperazine rings is 1. The van der Waals surface area contributed by atoms with Gasteiger partial charge in [-0.25, -0.2) is 29.3 Å². The lowest BCUT2D eigenvalue weighted by atomic mass is 9.96. The number of halogens is 2. The predicted molar refractivity (Wildman–Crippen MR) is 212 cm³/mol. The van der Waals surface area contributed by atoms with E-state index in [0.29, 0.717) is 52.6 Å². The van der Waals surface area contributed by atoms with Gasteiger partial charge in [0.1, 0.15) is 6.10 Å². The molecule has 57 heavy (non-hydrogen) atoms. The van der Waals surface area contributed by atoms with Crippen molar-refractivity contribution in [2.45, 2.75) is 62.9 Å². The molecule has 7 rings (SSSR count). The molecule has 2 aromatic heterocycles. The first-order chi connectivity index (χ1) is 27.3. The smallest absolute Gasteiger partial charge is 0.422 e. The Balaban J connectivity index is 0.885. The summed E-state index contributed by atoms with van der Waals surface area (Å²) in [7, 11) is -4.35. The fraction of sp³-hybridized carbons (Fsp3) is 0.417. The topological polar surface area (TPSA) is 230 Å². The Labute approximate surface area is 340 Å². The first kappa shape index (κ1) is 40.5. The van der Waals surface area contributed by atoms with Crippen molar-refractivity contribution >= 4 is 72.5 Å². The van der Waals surface area contributed by atoms with Crippen molar-refractivity contribution in [3.8, 4) is 0 Å². The normalized spacial score (nSPS) is 19.5. The van der Waals surface area contributed by atoms with Gasteiger partial charge in [0.25, 0.3) is 11.5 Å². The van der Waals surface area contributed by atoms with E-state index < -0.39 is 46.5 Å². The van der Waals surface area contributed by atoms with E-state index in [1.54, 1.807) is 6.07 Å². The lowest BCUT2D eigenvalue weighted by Crippen LogP contribution is -2.55. The van der Waals surface area contributed by atoms with Crippen LogP contribution in [0.25, 0.3) is 10.9 Å². The van der Waals surface area contributed by atoms with Crippen LogP contribution in [0.1, 0.15) is 40.9 Å². The van der Waals surface area contributed by atoms with Gasteiger partial charge in [0.15, 0.2) is 11.5 Å². The number of rotatable bonds is 10. The summed E-state index contributed by atoms with van der Waals surface area (Å²) in [4.78, 5) is 66.3. The van der Waals surface area contributed by atoms with Gasteiger partial charge in [-0.1, -0.05) is 35.9 Å². The summed E-state index contributed by atoms with van der Waals surface area (Å²) in [6, 6.07) is 9.85. The lowest BCUT2D eigenvalue weighted by molar-refractivity contribution is 0.0345. The summed E-state index contributed by atoms with van der Waals surface area (Å²) >= 11 is 9.49. The van der Waals surface area contributed by atoms with E-state index in [1.165, 1.54) is 45.4 Å². The van der Waals surface area contributed by atoms with E-state index >= 15 is 0 Å². The van der Waals surface area contributed by atoms with Crippen LogP contribution in [0.5, 0.6) is 0 Å². The van der Waals surface area contributed by atoms with E-state index in [-0.39, 0.29) is 62.3 Å². The molecule has 2 aromatic carbocycles. The molecule has 2 fully saturated rings. The molecule has 5 N–H and O–H groups in total. The Hall–Kier alpha value is -4.73. The minimum Gasteiger partial charge on any atom is -0.444 e. The number of carbonyl (C=O) groups excluding carboxylic acids is 3. The van der Waals surface area contributed by atoms with E-state index in [1.807, 2.05) is 29.0 Å². The highest BCUT2D eigenvalue weighted by Gasteiger charge is 2.35. The fourth-order valence-electron chi connectivity index (χ4n) is 7.33. The molecule has 2 aliphatic heterocycles. The van der Waals surface area contributed by atoms with Crippen LogP contribution in [-0.4, -0.2) is 117 Å². The second kappa shape index (κ2) is 17.4. The maximum absolute atomic E-state index is 13.2. The van der Waals surface area contributed by atoms with Gasteiger partial charge in [0.05, 0.1) is 34.9 Å². The van der Waals surface area contributed by atoms with E-state index in [0.717, 1.165) is 4.31 Å². The largest absolute Gasteiger partial charge is 0.444 e. The summed E-state index contributed by atoms with van der Waals surface area (Å²) in [6.45, 7) is 0.210. The zero-order valence-electron chi connectivity index (χ0n) is 30.4. The highest BCUT2D eigenvalue weighted by Crippen LogP contribution is 2.26. The number of aliphatic hydroxyl groups excluding tert-OH is 1. The number of nitrogens with one attached hydrogen (secondary N) is 4. The maximum atomic E-state index is 13.2. The molecule has 3 aliphatic rings. The number of ether oxygens (including phenoxy) is 1. The quantitative estimate of drug-likeness (QED) is 0.154. The van der Waals surface area contributed by atoms with Crippen molar-refractivity contribution in [1.82, 2.24) is 44.1 Å². The molecule has 0 saturated carbocycles. The molecule has 4 aromatic rings. The first-order valence-electron chi connectivity index (χ1n) is 18.3. The molecule has 1 unspecified atom stereocenters. The third-order valence-electron chi connectivity index (χ3n) is 10.2. The van der Waals surface area contributed by atoms with Crippen molar-refractivity contribution in [3.63, 3.8) is 0 Å². The van der Waals surface area contributed by atoms with Crippen LogP contribution in [0.3, 0.4) is 0 Å². The van der Waals surface area contributed by atoms with Crippen LogP contribution in [0.15, 0.2) is 64.4 Å². The molecule has 18 nitrogen and oxygen atoms in total.